The van der Waals surface area contributed by atoms with Crippen LogP contribution in [0.15, 0.2) is 29.4 Å². The van der Waals surface area contributed by atoms with E-state index < -0.39 is 5.97 Å². The molecule has 0 spiro atoms. The molecule has 1 aliphatic rings. The fourth-order valence-electron chi connectivity index (χ4n) is 2.71. The number of nitrogen functional groups attached to an aromatic ring is 1. The summed E-state index contributed by atoms with van der Waals surface area (Å²) in [4.78, 5) is 21.3. The number of rotatable bonds is 4. The number of nitrogens with zero attached hydrogens (tertiary/aromatic N) is 3. The van der Waals surface area contributed by atoms with E-state index in [2.05, 4.69) is 15.1 Å². The third-order valence-corrected chi connectivity index (χ3v) is 4.87. The molecule has 0 atom stereocenters. The number of benzene rings is 1. The van der Waals surface area contributed by atoms with E-state index >= 15 is 0 Å². The van der Waals surface area contributed by atoms with Crippen molar-refractivity contribution in [2.45, 2.75) is 6.92 Å². The van der Waals surface area contributed by atoms with Gasteiger partial charge in [-0.25, -0.2) is 14.8 Å². The Labute approximate surface area is 157 Å². The second kappa shape index (κ2) is 6.72. The third-order valence-electron chi connectivity index (χ3n) is 3.86. The van der Waals surface area contributed by atoms with Crippen LogP contribution in [0.2, 0.25) is 0 Å². The molecule has 0 saturated carbocycles. The van der Waals surface area contributed by atoms with E-state index in [1.165, 1.54) is 0 Å². The molecule has 0 unspecified atom stereocenters. The topological polar surface area (TPSA) is 129 Å². The largest absolute Gasteiger partial charge is 0.462 e. The van der Waals surface area contributed by atoms with Gasteiger partial charge < -0.3 is 25.2 Å². The number of ether oxygens (including phenoxy) is 3. The summed E-state index contributed by atoms with van der Waals surface area (Å²) < 4.78 is 15.7. The molecule has 3 N–H and O–H groups in total. The third kappa shape index (κ3) is 2.99. The first-order valence-corrected chi connectivity index (χ1v) is 8.79. The molecule has 138 valence electrons. The molecule has 0 amide bonds. The van der Waals surface area contributed by atoms with Crippen molar-refractivity contribution in [1.82, 2.24) is 9.97 Å². The molecule has 0 aliphatic carbocycles. The van der Waals surface area contributed by atoms with Gasteiger partial charge in [-0.3, -0.25) is 0 Å². The maximum Gasteiger partial charge on any atom is 0.348 e. The molecule has 3 heterocycles. The minimum atomic E-state index is -0.462. The molecule has 0 bridgehead atoms. The van der Waals surface area contributed by atoms with Crippen molar-refractivity contribution in [3.63, 3.8) is 0 Å². The molecule has 27 heavy (non-hydrogen) atoms. The highest BCUT2D eigenvalue weighted by molar-refractivity contribution is 7.20. The Bertz CT molecular complexity index is 1080. The maximum atomic E-state index is 12.0. The van der Waals surface area contributed by atoms with Crippen molar-refractivity contribution in [3.05, 3.63) is 40.4 Å². The number of thiophene rings is 1. The number of esters is 1. The highest BCUT2D eigenvalue weighted by atomic mass is 32.1. The molecular formula is C17H14N4O5S. The average Bonchev–Trinajstić information content (AvgIpc) is 3.28. The van der Waals surface area contributed by atoms with Gasteiger partial charge >= 0.3 is 5.97 Å². The number of oxime groups is 1. The quantitative estimate of drug-likeness (QED) is 0.303. The van der Waals surface area contributed by atoms with E-state index in [1.54, 1.807) is 31.2 Å². The van der Waals surface area contributed by atoms with Gasteiger partial charge in [-0.15, -0.1) is 11.3 Å². The van der Waals surface area contributed by atoms with Crippen LogP contribution in [0.3, 0.4) is 0 Å². The first-order valence-electron chi connectivity index (χ1n) is 7.97. The lowest BCUT2D eigenvalue weighted by Crippen LogP contribution is -2.09. The van der Waals surface area contributed by atoms with Gasteiger partial charge in [0, 0.05) is 10.9 Å². The number of hydrogen-bond acceptors (Lipinski definition) is 10. The average molecular weight is 386 g/mol. The van der Waals surface area contributed by atoms with Crippen LogP contribution < -0.4 is 15.2 Å². The zero-order chi connectivity index (χ0) is 19.0. The number of nitrogens with two attached hydrogens (primary N) is 1. The summed E-state index contributed by atoms with van der Waals surface area (Å²) >= 11 is 1.13. The standard InChI is InChI=1S/C17H14N4O5S/c1-2-24-16(22)12-6-9-14(19-17(18)20-15(9)27-12)13(21-23)8-3-4-10-11(5-8)26-7-25-10/h3-6,23H,2,7H2,1H3,(H2,18,19,20)/b21-13+. The Kier molecular flexibility index (Phi) is 4.24. The van der Waals surface area contributed by atoms with Crippen LogP contribution in [0, 0.1) is 0 Å². The maximum absolute atomic E-state index is 12.0. The summed E-state index contributed by atoms with van der Waals surface area (Å²) in [6, 6.07) is 6.71. The Morgan fingerprint density at radius 1 is 1.33 bits per heavy atom. The molecule has 0 saturated heterocycles. The van der Waals surface area contributed by atoms with Gasteiger partial charge in [0.2, 0.25) is 12.7 Å². The minimum Gasteiger partial charge on any atom is -0.462 e. The molecule has 0 fully saturated rings. The van der Waals surface area contributed by atoms with Crippen molar-refractivity contribution in [2.24, 2.45) is 5.16 Å². The fourth-order valence-corrected chi connectivity index (χ4v) is 3.64. The Hall–Kier alpha value is -3.40. The van der Waals surface area contributed by atoms with E-state index in [-0.39, 0.29) is 25.1 Å². The predicted octanol–water partition coefficient (Wildman–Crippen LogP) is 2.41. The van der Waals surface area contributed by atoms with Crippen LogP contribution in [0.4, 0.5) is 5.95 Å². The first-order chi connectivity index (χ1) is 13.1. The lowest BCUT2D eigenvalue weighted by atomic mass is 10.0. The molecule has 1 aliphatic heterocycles. The second-order valence-electron chi connectivity index (χ2n) is 5.50. The summed E-state index contributed by atoms with van der Waals surface area (Å²) in [5.41, 5.74) is 6.83. The van der Waals surface area contributed by atoms with Gasteiger partial charge in [0.05, 0.1) is 6.61 Å². The number of carbonyl (C=O) groups is 1. The normalized spacial score (nSPS) is 13.1. The lowest BCUT2D eigenvalue weighted by Gasteiger charge is -2.07. The van der Waals surface area contributed by atoms with E-state index in [9.17, 15) is 10.0 Å². The van der Waals surface area contributed by atoms with Gasteiger partial charge in [-0.05, 0) is 31.2 Å². The van der Waals surface area contributed by atoms with Gasteiger partial charge in [-0.1, -0.05) is 5.16 Å². The molecular weight excluding hydrogens is 372 g/mol. The van der Waals surface area contributed by atoms with Crippen molar-refractivity contribution in [3.8, 4) is 11.5 Å². The van der Waals surface area contributed by atoms with E-state index in [4.69, 9.17) is 19.9 Å². The van der Waals surface area contributed by atoms with Crippen LogP contribution in [0.1, 0.15) is 27.9 Å². The molecule has 9 nitrogen and oxygen atoms in total. The molecule has 2 aromatic heterocycles. The van der Waals surface area contributed by atoms with Crippen molar-refractivity contribution in [2.75, 3.05) is 19.1 Å². The Balaban J connectivity index is 1.85. The molecule has 3 aromatic rings. The summed E-state index contributed by atoms with van der Waals surface area (Å²) in [6.45, 7) is 2.11. The Morgan fingerprint density at radius 3 is 2.93 bits per heavy atom. The van der Waals surface area contributed by atoms with Gasteiger partial charge in [0.25, 0.3) is 0 Å². The van der Waals surface area contributed by atoms with Gasteiger partial charge in [0.1, 0.15) is 21.1 Å². The molecule has 10 heteroatoms. The second-order valence-corrected chi connectivity index (χ2v) is 6.53. The minimum absolute atomic E-state index is 0.00310. The number of carbonyl (C=O) groups excluding carboxylic acids is 1. The highest BCUT2D eigenvalue weighted by Crippen LogP contribution is 2.34. The van der Waals surface area contributed by atoms with Crippen LogP contribution >= 0.6 is 11.3 Å². The smallest absolute Gasteiger partial charge is 0.348 e. The summed E-state index contributed by atoms with van der Waals surface area (Å²) in [7, 11) is 0. The van der Waals surface area contributed by atoms with Crippen LogP contribution in [0.25, 0.3) is 10.2 Å². The van der Waals surface area contributed by atoms with E-state index in [1.807, 2.05) is 0 Å². The highest BCUT2D eigenvalue weighted by Gasteiger charge is 2.22. The van der Waals surface area contributed by atoms with Gasteiger partial charge in [-0.2, -0.15) is 0 Å². The van der Waals surface area contributed by atoms with Crippen molar-refractivity contribution < 1.29 is 24.2 Å². The first kappa shape index (κ1) is 17.0. The predicted molar refractivity (Wildman–Crippen MR) is 97.8 cm³/mol. The number of aromatic nitrogens is 2. The van der Waals surface area contributed by atoms with E-state index in [0.29, 0.717) is 37.9 Å². The monoisotopic (exact) mass is 386 g/mol. The summed E-state index contributed by atoms with van der Waals surface area (Å²) in [6.07, 6.45) is 0. The van der Waals surface area contributed by atoms with Crippen LogP contribution in [0.5, 0.6) is 11.5 Å². The number of hydrogen-bond donors (Lipinski definition) is 2. The Morgan fingerprint density at radius 2 is 2.15 bits per heavy atom. The number of anilines is 1. The SMILES string of the molecule is CCOC(=O)c1cc2c(/C(=N/O)c3ccc4c(c3)OCO4)nc(N)nc2s1. The fraction of sp³-hybridized carbons (Fsp3) is 0.176. The lowest BCUT2D eigenvalue weighted by molar-refractivity contribution is 0.0532. The van der Waals surface area contributed by atoms with Crippen LogP contribution in [-0.2, 0) is 4.74 Å². The van der Waals surface area contributed by atoms with Crippen molar-refractivity contribution >= 4 is 39.2 Å². The zero-order valence-corrected chi connectivity index (χ0v) is 14.9. The van der Waals surface area contributed by atoms with Crippen LogP contribution in [-0.4, -0.2) is 40.3 Å². The zero-order valence-electron chi connectivity index (χ0n) is 14.1. The van der Waals surface area contributed by atoms with Crippen molar-refractivity contribution in [1.29, 1.82) is 0 Å². The summed E-state index contributed by atoms with van der Waals surface area (Å²) in [5, 5.41) is 13.6. The number of fused-ring (bicyclic) bond motifs is 2. The van der Waals surface area contributed by atoms with E-state index in [0.717, 1.165) is 11.3 Å². The molecule has 0 radical (unpaired) electrons. The molecule has 4 rings (SSSR count). The van der Waals surface area contributed by atoms with Gasteiger partial charge in [0.15, 0.2) is 11.5 Å². The molecule has 1 aromatic carbocycles. The summed E-state index contributed by atoms with van der Waals surface area (Å²) in [5.74, 6) is 0.667.